The zero-order valence-corrected chi connectivity index (χ0v) is 13.3. The van der Waals surface area contributed by atoms with Crippen LogP contribution >= 0.6 is 11.6 Å². The van der Waals surface area contributed by atoms with Crippen LogP contribution in [0.25, 0.3) is 22.3 Å². The highest BCUT2D eigenvalue weighted by atomic mass is 35.5. The average Bonchev–Trinajstić information content (AvgIpc) is 3.01. The van der Waals surface area contributed by atoms with Crippen LogP contribution in [0.2, 0.25) is 5.02 Å². The Morgan fingerprint density at radius 1 is 1.30 bits per heavy atom. The predicted molar refractivity (Wildman–Crippen MR) is 91.6 cm³/mol. The third-order valence-electron chi connectivity index (χ3n) is 4.08. The van der Waals surface area contributed by atoms with Gasteiger partial charge in [-0.05, 0) is 31.5 Å². The molecule has 7 heteroatoms. The molecule has 0 amide bonds. The first-order chi connectivity index (χ1) is 11.3. The second-order valence-electron chi connectivity index (χ2n) is 5.68. The fourth-order valence-corrected chi connectivity index (χ4v) is 3.13. The summed E-state index contributed by atoms with van der Waals surface area (Å²) in [6, 6.07) is 4.26. The van der Waals surface area contributed by atoms with Crippen molar-refractivity contribution in [3.63, 3.8) is 0 Å². The maximum atomic E-state index is 6.33. The Hall–Kier alpha value is -2.18. The number of H-pyrrole nitrogens is 1. The van der Waals surface area contributed by atoms with Gasteiger partial charge < -0.3 is 15.6 Å². The van der Waals surface area contributed by atoms with Gasteiger partial charge in [0.1, 0.15) is 5.65 Å². The average molecular weight is 329 g/mol. The van der Waals surface area contributed by atoms with E-state index in [1.54, 1.807) is 12.4 Å². The molecule has 0 saturated carbocycles. The number of piperidine rings is 1. The minimum absolute atomic E-state index is 0.349. The summed E-state index contributed by atoms with van der Waals surface area (Å²) in [5, 5.41) is 8.29. The molecule has 0 spiro atoms. The number of pyridine rings is 1. The van der Waals surface area contributed by atoms with Crippen molar-refractivity contribution in [2.45, 2.75) is 18.9 Å². The molecular formula is C16H17ClN6. The summed E-state index contributed by atoms with van der Waals surface area (Å²) in [5.74, 6) is 0.608. The van der Waals surface area contributed by atoms with E-state index in [-0.39, 0.29) is 0 Å². The smallest absolute Gasteiger partial charge is 0.223 e. The second-order valence-corrected chi connectivity index (χ2v) is 6.09. The number of rotatable bonds is 3. The van der Waals surface area contributed by atoms with Crippen molar-refractivity contribution in [3.05, 3.63) is 35.7 Å². The fraction of sp³-hybridized carbons (Fsp3) is 0.312. The third kappa shape index (κ3) is 2.87. The van der Waals surface area contributed by atoms with Gasteiger partial charge in [0.2, 0.25) is 5.95 Å². The van der Waals surface area contributed by atoms with Gasteiger partial charge in [-0.1, -0.05) is 11.6 Å². The van der Waals surface area contributed by atoms with Crippen LogP contribution < -0.4 is 10.6 Å². The summed E-state index contributed by atoms with van der Waals surface area (Å²) in [4.78, 5) is 16.4. The molecule has 1 aliphatic heterocycles. The highest BCUT2D eigenvalue weighted by Crippen LogP contribution is 2.31. The summed E-state index contributed by atoms with van der Waals surface area (Å²) in [6.07, 6.45) is 7.57. The lowest BCUT2D eigenvalue weighted by Gasteiger charge is -2.23. The summed E-state index contributed by atoms with van der Waals surface area (Å²) in [5.41, 5.74) is 2.47. The standard InChI is InChI=1S/C16H17ClN6/c17-13-9-21-16(22-10-3-1-5-18-7-10)23-14(13)12-8-20-15-11(12)4-2-6-19-15/h2,4,6,8-10,18H,1,3,5,7H2,(H,19,20)(H,21,22,23)/t10-/m1/s1. The molecular weight excluding hydrogens is 312 g/mol. The van der Waals surface area contributed by atoms with Gasteiger partial charge in [0.25, 0.3) is 0 Å². The molecule has 3 aromatic heterocycles. The molecule has 0 radical (unpaired) electrons. The van der Waals surface area contributed by atoms with Crippen LogP contribution in [0.5, 0.6) is 0 Å². The Labute approximate surface area is 138 Å². The number of halogens is 1. The van der Waals surface area contributed by atoms with Gasteiger partial charge in [0.15, 0.2) is 0 Å². The van der Waals surface area contributed by atoms with Gasteiger partial charge in [0, 0.05) is 35.9 Å². The monoisotopic (exact) mass is 328 g/mol. The Bertz CT molecular complexity index is 824. The highest BCUT2D eigenvalue weighted by Gasteiger charge is 2.16. The molecule has 4 heterocycles. The fourth-order valence-electron chi connectivity index (χ4n) is 2.94. The van der Waals surface area contributed by atoms with Crippen molar-refractivity contribution < 1.29 is 0 Å². The summed E-state index contributed by atoms with van der Waals surface area (Å²) < 4.78 is 0. The highest BCUT2D eigenvalue weighted by molar-refractivity contribution is 6.33. The number of hydrogen-bond donors (Lipinski definition) is 3. The van der Waals surface area contributed by atoms with Crippen LogP contribution in [0.3, 0.4) is 0 Å². The molecule has 1 fully saturated rings. The molecule has 1 aliphatic rings. The number of nitrogens with one attached hydrogen (secondary N) is 3. The molecule has 0 bridgehead atoms. The zero-order valence-electron chi connectivity index (χ0n) is 12.5. The molecule has 1 saturated heterocycles. The second kappa shape index (κ2) is 6.14. The number of aromatic nitrogens is 4. The van der Waals surface area contributed by atoms with Crippen LogP contribution in [0.1, 0.15) is 12.8 Å². The molecule has 3 N–H and O–H groups in total. The Kier molecular flexibility index (Phi) is 3.85. The van der Waals surface area contributed by atoms with Gasteiger partial charge in [-0.3, -0.25) is 0 Å². The first kappa shape index (κ1) is 14.4. The Balaban J connectivity index is 1.69. The summed E-state index contributed by atoms with van der Waals surface area (Å²) >= 11 is 6.33. The van der Waals surface area contributed by atoms with Crippen LogP contribution in [-0.2, 0) is 0 Å². The van der Waals surface area contributed by atoms with E-state index < -0.39 is 0 Å². The lowest BCUT2D eigenvalue weighted by atomic mass is 10.1. The maximum Gasteiger partial charge on any atom is 0.223 e. The first-order valence-corrected chi connectivity index (χ1v) is 8.11. The Morgan fingerprint density at radius 2 is 2.26 bits per heavy atom. The molecule has 0 unspecified atom stereocenters. The van der Waals surface area contributed by atoms with Gasteiger partial charge in [-0.2, -0.15) is 0 Å². The first-order valence-electron chi connectivity index (χ1n) is 7.73. The van der Waals surface area contributed by atoms with Crippen LogP contribution in [0.15, 0.2) is 30.7 Å². The number of nitrogens with zero attached hydrogens (tertiary/aromatic N) is 3. The van der Waals surface area contributed by atoms with E-state index in [4.69, 9.17) is 11.6 Å². The summed E-state index contributed by atoms with van der Waals surface area (Å²) in [6.45, 7) is 2.01. The van der Waals surface area contributed by atoms with E-state index in [2.05, 4.69) is 30.6 Å². The molecule has 6 nitrogen and oxygen atoms in total. The molecule has 1 atom stereocenters. The van der Waals surface area contributed by atoms with E-state index in [1.807, 2.05) is 18.3 Å². The van der Waals surface area contributed by atoms with E-state index in [1.165, 1.54) is 0 Å². The van der Waals surface area contributed by atoms with Crippen LogP contribution in [0, 0.1) is 0 Å². The van der Waals surface area contributed by atoms with Gasteiger partial charge in [-0.15, -0.1) is 0 Å². The van der Waals surface area contributed by atoms with E-state index in [0.717, 1.165) is 42.5 Å². The van der Waals surface area contributed by atoms with E-state index in [9.17, 15) is 0 Å². The molecule has 0 aromatic carbocycles. The SMILES string of the molecule is Clc1cnc(N[C@@H]2CCCNC2)nc1-c1c[nH]c2ncccc12. The van der Waals surface area contributed by atoms with Crippen molar-refractivity contribution >= 4 is 28.6 Å². The number of anilines is 1. The quantitative estimate of drug-likeness (QED) is 0.689. The predicted octanol–water partition coefficient (Wildman–Crippen LogP) is 2.84. The van der Waals surface area contributed by atoms with Crippen LogP contribution in [0.4, 0.5) is 5.95 Å². The lowest BCUT2D eigenvalue weighted by Crippen LogP contribution is -2.38. The third-order valence-corrected chi connectivity index (χ3v) is 4.36. The zero-order chi connectivity index (χ0) is 15.6. The van der Waals surface area contributed by atoms with Gasteiger partial charge in [-0.25, -0.2) is 15.0 Å². The van der Waals surface area contributed by atoms with Gasteiger partial charge >= 0.3 is 0 Å². The molecule has 0 aliphatic carbocycles. The number of fused-ring (bicyclic) bond motifs is 1. The minimum atomic E-state index is 0.349. The molecule has 23 heavy (non-hydrogen) atoms. The Morgan fingerprint density at radius 3 is 3.13 bits per heavy atom. The molecule has 3 aromatic rings. The van der Waals surface area contributed by atoms with Crippen molar-refractivity contribution in [2.24, 2.45) is 0 Å². The minimum Gasteiger partial charge on any atom is -0.350 e. The lowest BCUT2D eigenvalue weighted by molar-refractivity contribution is 0.478. The normalized spacial score (nSPS) is 18.2. The van der Waals surface area contributed by atoms with E-state index >= 15 is 0 Å². The summed E-state index contributed by atoms with van der Waals surface area (Å²) in [7, 11) is 0. The van der Waals surface area contributed by atoms with Crippen molar-refractivity contribution in [1.29, 1.82) is 0 Å². The van der Waals surface area contributed by atoms with Gasteiger partial charge in [0.05, 0.1) is 16.9 Å². The van der Waals surface area contributed by atoms with Crippen LogP contribution in [-0.4, -0.2) is 39.1 Å². The van der Waals surface area contributed by atoms with E-state index in [0.29, 0.717) is 22.7 Å². The topological polar surface area (TPSA) is 78.5 Å². The maximum absolute atomic E-state index is 6.33. The molecule has 118 valence electrons. The molecule has 4 rings (SSSR count). The largest absolute Gasteiger partial charge is 0.350 e. The number of hydrogen-bond acceptors (Lipinski definition) is 5. The van der Waals surface area contributed by atoms with Crippen molar-refractivity contribution in [1.82, 2.24) is 25.3 Å². The van der Waals surface area contributed by atoms with Crippen molar-refractivity contribution in [3.8, 4) is 11.3 Å². The number of aromatic amines is 1. The van der Waals surface area contributed by atoms with Crippen molar-refractivity contribution in [2.75, 3.05) is 18.4 Å².